The summed E-state index contributed by atoms with van der Waals surface area (Å²) in [6.45, 7) is -0.0321. The van der Waals surface area contributed by atoms with Gasteiger partial charge in [-0.05, 0) is 35.9 Å². The highest BCUT2D eigenvalue weighted by Gasteiger charge is 2.33. The number of benzene rings is 1. The first kappa shape index (κ1) is 19.6. The van der Waals surface area contributed by atoms with Crippen LogP contribution in [0.2, 0.25) is 5.02 Å². The van der Waals surface area contributed by atoms with Crippen LogP contribution >= 0.6 is 11.6 Å². The van der Waals surface area contributed by atoms with E-state index in [2.05, 4.69) is 20.4 Å². The van der Waals surface area contributed by atoms with E-state index in [1.165, 1.54) is 12.1 Å². The third kappa shape index (κ3) is 4.95. The molecule has 1 N–H and O–H groups in total. The van der Waals surface area contributed by atoms with Gasteiger partial charge in [-0.3, -0.25) is 9.78 Å². The van der Waals surface area contributed by atoms with E-state index in [0.29, 0.717) is 11.4 Å². The average molecular weight is 409 g/mol. The molecule has 0 fully saturated rings. The summed E-state index contributed by atoms with van der Waals surface area (Å²) in [5, 5.41) is 5.90. The van der Waals surface area contributed by atoms with Crippen molar-refractivity contribution in [3.63, 3.8) is 0 Å². The molecule has 3 aromatic rings. The van der Waals surface area contributed by atoms with Gasteiger partial charge in [0.15, 0.2) is 0 Å². The Morgan fingerprint density at radius 3 is 2.68 bits per heavy atom. The first-order chi connectivity index (χ1) is 13.3. The van der Waals surface area contributed by atoms with Gasteiger partial charge in [-0.25, -0.2) is 0 Å². The Hall–Kier alpha value is -3.20. The summed E-state index contributed by atoms with van der Waals surface area (Å²) in [4.78, 5) is 19.9. The van der Waals surface area contributed by atoms with Gasteiger partial charge in [0.2, 0.25) is 17.6 Å². The molecule has 6 nitrogen and oxygen atoms in total. The van der Waals surface area contributed by atoms with E-state index in [1.807, 2.05) is 0 Å². The zero-order valence-corrected chi connectivity index (χ0v) is 14.8. The van der Waals surface area contributed by atoms with E-state index in [4.69, 9.17) is 16.1 Å². The fourth-order valence-electron chi connectivity index (χ4n) is 2.20. The summed E-state index contributed by atoms with van der Waals surface area (Å²) in [7, 11) is 0. The first-order valence-corrected chi connectivity index (χ1v) is 8.26. The van der Waals surface area contributed by atoms with Crippen LogP contribution in [0.3, 0.4) is 0 Å². The van der Waals surface area contributed by atoms with Crippen molar-refractivity contribution in [1.29, 1.82) is 0 Å². The van der Waals surface area contributed by atoms with Crippen molar-refractivity contribution in [2.24, 2.45) is 0 Å². The molecular weight excluding hydrogens is 397 g/mol. The Labute approximate surface area is 162 Å². The Balaban J connectivity index is 1.60. The third-order valence-corrected chi connectivity index (χ3v) is 3.87. The summed E-state index contributed by atoms with van der Waals surface area (Å²) in [5.74, 6) is -0.00498. The number of carbonyl (C=O) groups is 1. The molecule has 0 aliphatic heterocycles. The summed E-state index contributed by atoms with van der Waals surface area (Å²) in [6, 6.07) is 6.78. The number of pyridine rings is 1. The van der Waals surface area contributed by atoms with Crippen molar-refractivity contribution in [2.75, 3.05) is 0 Å². The maximum absolute atomic E-state index is 12.8. The molecule has 0 atom stereocenters. The lowest BCUT2D eigenvalue weighted by Crippen LogP contribution is -2.20. The van der Waals surface area contributed by atoms with Gasteiger partial charge in [0, 0.05) is 24.0 Å². The number of halogens is 4. The van der Waals surface area contributed by atoms with Crippen LogP contribution in [0.5, 0.6) is 0 Å². The van der Waals surface area contributed by atoms with E-state index in [9.17, 15) is 18.0 Å². The number of hydrogen-bond acceptors (Lipinski definition) is 5. The molecule has 0 radical (unpaired) electrons. The molecule has 3 rings (SSSR count). The highest BCUT2D eigenvalue weighted by molar-refractivity contribution is 6.31. The number of nitrogens with zero attached hydrogens (tertiary/aromatic N) is 3. The van der Waals surface area contributed by atoms with Gasteiger partial charge in [0.05, 0.1) is 17.1 Å². The van der Waals surface area contributed by atoms with Gasteiger partial charge in [0.1, 0.15) is 0 Å². The van der Waals surface area contributed by atoms with Gasteiger partial charge in [-0.2, -0.15) is 18.2 Å². The quantitative estimate of drug-likeness (QED) is 0.642. The molecule has 0 unspecified atom stereocenters. The van der Waals surface area contributed by atoms with E-state index < -0.39 is 22.7 Å². The molecule has 0 aliphatic carbocycles. The van der Waals surface area contributed by atoms with Gasteiger partial charge < -0.3 is 9.84 Å². The van der Waals surface area contributed by atoms with Gasteiger partial charge in [-0.15, -0.1) is 0 Å². The van der Waals surface area contributed by atoms with Crippen molar-refractivity contribution < 1.29 is 22.5 Å². The van der Waals surface area contributed by atoms with Crippen LogP contribution in [0.4, 0.5) is 13.2 Å². The molecule has 2 aromatic heterocycles. The van der Waals surface area contributed by atoms with Crippen LogP contribution in [0.15, 0.2) is 53.3 Å². The predicted octanol–water partition coefficient (Wildman–Crippen LogP) is 4.13. The minimum atomic E-state index is -4.58. The molecule has 144 valence electrons. The Bertz CT molecular complexity index is 1000. The number of aromatic nitrogens is 3. The second-order valence-corrected chi connectivity index (χ2v) is 5.94. The van der Waals surface area contributed by atoms with Crippen LogP contribution in [0.25, 0.3) is 17.5 Å². The smallest absolute Gasteiger partial charge is 0.343 e. The second-order valence-electron chi connectivity index (χ2n) is 5.54. The number of carbonyl (C=O) groups excluding carboxylic acids is 1. The molecule has 1 aromatic carbocycles. The normalized spacial score (nSPS) is 11.7. The van der Waals surface area contributed by atoms with Gasteiger partial charge in [0.25, 0.3) is 0 Å². The topological polar surface area (TPSA) is 80.9 Å². The van der Waals surface area contributed by atoms with Crippen LogP contribution in [-0.2, 0) is 17.5 Å². The van der Waals surface area contributed by atoms with Crippen molar-refractivity contribution in [2.45, 2.75) is 12.7 Å². The van der Waals surface area contributed by atoms with Crippen LogP contribution in [0, 0.1) is 0 Å². The lowest BCUT2D eigenvalue weighted by Gasteiger charge is -2.09. The number of amides is 1. The number of alkyl halides is 3. The fraction of sp³-hybridized carbons (Fsp3) is 0.111. The predicted molar refractivity (Wildman–Crippen MR) is 94.9 cm³/mol. The van der Waals surface area contributed by atoms with Gasteiger partial charge in [-0.1, -0.05) is 22.8 Å². The van der Waals surface area contributed by atoms with Gasteiger partial charge >= 0.3 is 6.18 Å². The van der Waals surface area contributed by atoms with Crippen molar-refractivity contribution in [3.8, 4) is 11.4 Å². The van der Waals surface area contributed by atoms with E-state index in [1.54, 1.807) is 24.5 Å². The summed E-state index contributed by atoms with van der Waals surface area (Å²) in [6.07, 6.45) is 0.937. The zero-order chi connectivity index (χ0) is 20.1. The highest BCUT2D eigenvalue weighted by atomic mass is 35.5. The minimum Gasteiger partial charge on any atom is -0.343 e. The average Bonchev–Trinajstić information content (AvgIpc) is 3.14. The molecule has 10 heteroatoms. The SMILES string of the molecule is O=C(/C=C/c1ccc(Cl)c(C(F)(F)F)c1)NCc1nc(-c2ccncc2)no1. The molecular formula is C18H12ClF3N4O2. The van der Waals surface area contributed by atoms with E-state index in [-0.39, 0.29) is 18.0 Å². The van der Waals surface area contributed by atoms with E-state index >= 15 is 0 Å². The second kappa shape index (κ2) is 8.22. The van der Waals surface area contributed by atoms with Crippen LogP contribution < -0.4 is 5.32 Å². The fourth-order valence-corrected chi connectivity index (χ4v) is 2.43. The molecule has 0 aliphatic rings. The number of hydrogen-bond donors (Lipinski definition) is 1. The molecule has 0 bridgehead atoms. The maximum atomic E-state index is 12.8. The standard InChI is InChI=1S/C18H12ClF3N4O2/c19-14-3-1-11(9-13(14)18(20,21)22)2-4-15(27)24-10-16-25-17(26-28-16)12-5-7-23-8-6-12/h1-9H,10H2,(H,24,27)/b4-2+. The lowest BCUT2D eigenvalue weighted by atomic mass is 10.1. The first-order valence-electron chi connectivity index (χ1n) is 7.88. The van der Waals surface area contributed by atoms with Crippen molar-refractivity contribution in [3.05, 3.63) is 70.8 Å². The minimum absolute atomic E-state index is 0.0321. The van der Waals surface area contributed by atoms with Crippen LogP contribution in [0.1, 0.15) is 17.0 Å². The lowest BCUT2D eigenvalue weighted by molar-refractivity contribution is -0.137. The number of nitrogens with one attached hydrogen (secondary N) is 1. The molecule has 0 spiro atoms. The molecule has 1 amide bonds. The summed E-state index contributed by atoms with van der Waals surface area (Å²) in [5.41, 5.74) is -0.0738. The Morgan fingerprint density at radius 2 is 1.96 bits per heavy atom. The summed E-state index contributed by atoms with van der Waals surface area (Å²) < 4.78 is 43.6. The highest BCUT2D eigenvalue weighted by Crippen LogP contribution is 2.35. The molecule has 0 saturated heterocycles. The Morgan fingerprint density at radius 1 is 1.21 bits per heavy atom. The zero-order valence-electron chi connectivity index (χ0n) is 14.1. The van der Waals surface area contributed by atoms with E-state index in [0.717, 1.165) is 18.2 Å². The maximum Gasteiger partial charge on any atom is 0.417 e. The Kier molecular flexibility index (Phi) is 5.74. The van der Waals surface area contributed by atoms with Crippen molar-refractivity contribution >= 4 is 23.6 Å². The monoisotopic (exact) mass is 408 g/mol. The van der Waals surface area contributed by atoms with Crippen LogP contribution in [-0.4, -0.2) is 21.0 Å². The third-order valence-electron chi connectivity index (χ3n) is 3.54. The van der Waals surface area contributed by atoms with Crippen molar-refractivity contribution in [1.82, 2.24) is 20.4 Å². The molecule has 0 saturated carbocycles. The molecule has 28 heavy (non-hydrogen) atoms. The molecule has 2 heterocycles. The largest absolute Gasteiger partial charge is 0.417 e. The summed E-state index contributed by atoms with van der Waals surface area (Å²) >= 11 is 5.56. The number of rotatable bonds is 5.